The van der Waals surface area contributed by atoms with Crippen LogP contribution in [-0.4, -0.2) is 52.4 Å². The first-order chi connectivity index (χ1) is 16.1. The van der Waals surface area contributed by atoms with Crippen molar-refractivity contribution in [3.63, 3.8) is 0 Å². The molecule has 0 aliphatic carbocycles. The number of quaternary nitrogens is 1. The van der Waals surface area contributed by atoms with Crippen LogP contribution >= 0.6 is 0 Å². The molecule has 0 aliphatic heterocycles. The molecule has 0 aromatic carbocycles. The van der Waals surface area contributed by atoms with Gasteiger partial charge in [0.05, 0.1) is 32.8 Å². The van der Waals surface area contributed by atoms with E-state index >= 15 is 0 Å². The fraction of sp³-hybridized carbons (Fsp3) is 0.786. The highest BCUT2D eigenvalue weighted by Crippen LogP contribution is 2.16. The summed E-state index contributed by atoms with van der Waals surface area (Å²) in [5, 5.41) is 11.5. The van der Waals surface area contributed by atoms with E-state index in [0.717, 1.165) is 5.56 Å². The van der Waals surface area contributed by atoms with E-state index < -0.39 is 11.7 Å². The number of carbonyl (C=O) groups excluding carboxylic acids is 1. The maximum atomic E-state index is 11.5. The number of hydrogen-bond acceptors (Lipinski definition) is 4. The number of hydrogen-bond donors (Lipinski definition) is 2. The molecule has 1 aromatic heterocycles. The van der Waals surface area contributed by atoms with Gasteiger partial charge in [0.2, 0.25) is 0 Å². The maximum absolute atomic E-state index is 11.5. The maximum Gasteiger partial charge on any atom is 0.413 e. The third kappa shape index (κ3) is 16.5. The van der Waals surface area contributed by atoms with Crippen LogP contribution in [-0.2, 0) is 11.3 Å². The molecule has 2 N–H and O–H groups in total. The van der Waals surface area contributed by atoms with Gasteiger partial charge < -0.3 is 19.0 Å². The van der Waals surface area contributed by atoms with Gasteiger partial charge in [0, 0.05) is 5.69 Å². The molecule has 0 saturated carbocycles. The van der Waals surface area contributed by atoms with Gasteiger partial charge >= 0.3 is 6.09 Å². The van der Waals surface area contributed by atoms with E-state index in [1.54, 1.807) is 39.8 Å². The van der Waals surface area contributed by atoms with Crippen molar-refractivity contribution in [1.29, 1.82) is 0 Å². The van der Waals surface area contributed by atoms with Crippen LogP contribution in [0.5, 0.6) is 0 Å². The SMILES string of the molecule is CCCC[N+](CCCC)(CCCC)CCCC.Cc1nc(NC(=O)OC(C)(C)C)ccc1CO.[F-]. The van der Waals surface area contributed by atoms with E-state index in [9.17, 15) is 4.79 Å². The minimum absolute atomic E-state index is 0. The number of rotatable bonds is 14. The average molecular weight is 500 g/mol. The second kappa shape index (κ2) is 19.5. The molecular weight excluding hydrogens is 445 g/mol. The van der Waals surface area contributed by atoms with Gasteiger partial charge in [-0.15, -0.1) is 0 Å². The zero-order valence-corrected chi connectivity index (χ0v) is 23.9. The molecule has 206 valence electrons. The number of nitrogens with zero attached hydrogens (tertiary/aromatic N) is 2. The Morgan fingerprint density at radius 3 is 1.66 bits per heavy atom. The fourth-order valence-corrected chi connectivity index (χ4v) is 3.88. The van der Waals surface area contributed by atoms with Gasteiger partial charge in [-0.1, -0.05) is 59.4 Å². The molecule has 0 radical (unpaired) electrons. The number of aromatic nitrogens is 1. The minimum Gasteiger partial charge on any atom is -1.00 e. The van der Waals surface area contributed by atoms with Gasteiger partial charge in [0.1, 0.15) is 11.4 Å². The Balaban J connectivity index is 0. The summed E-state index contributed by atoms with van der Waals surface area (Å²) >= 11 is 0. The quantitative estimate of drug-likeness (QED) is 0.376. The minimum atomic E-state index is -0.541. The standard InChI is InChI=1S/C16H36N.C12H18N2O3.FH/c1-5-9-13-17(14-10-6-2,15-11-7-3)16-12-8-4;1-8-9(7-15)5-6-10(13-8)14-11(16)17-12(2,3)4;/h5-16H2,1-4H3;5-6,15H,7H2,1-4H3,(H,13,14,16);1H/q+1;;/p-1. The molecule has 0 fully saturated rings. The number of aliphatic hydroxyl groups is 1. The number of aryl methyl sites for hydroxylation is 1. The van der Waals surface area contributed by atoms with Crippen molar-refractivity contribution in [3.8, 4) is 0 Å². The van der Waals surface area contributed by atoms with E-state index in [1.165, 1.54) is 82.0 Å². The second-order valence-electron chi connectivity index (χ2n) is 10.4. The molecule has 1 rings (SSSR count). The third-order valence-electron chi connectivity index (χ3n) is 5.94. The predicted molar refractivity (Wildman–Crippen MR) is 144 cm³/mol. The highest BCUT2D eigenvalue weighted by Gasteiger charge is 2.24. The number of unbranched alkanes of at least 4 members (excludes halogenated alkanes) is 4. The number of nitrogens with one attached hydrogen (secondary N) is 1. The number of amides is 1. The number of anilines is 1. The topological polar surface area (TPSA) is 71.5 Å². The predicted octanol–water partition coefficient (Wildman–Crippen LogP) is 4.24. The van der Waals surface area contributed by atoms with E-state index in [1.807, 2.05) is 0 Å². The van der Waals surface area contributed by atoms with Crippen LogP contribution in [0, 0.1) is 6.92 Å². The lowest BCUT2D eigenvalue weighted by Crippen LogP contribution is -3.00. The van der Waals surface area contributed by atoms with Gasteiger partial charge in [-0.3, -0.25) is 5.32 Å². The Morgan fingerprint density at radius 2 is 1.34 bits per heavy atom. The first-order valence-electron chi connectivity index (χ1n) is 13.5. The molecule has 0 spiro atoms. The van der Waals surface area contributed by atoms with Crippen LogP contribution < -0.4 is 10.0 Å². The van der Waals surface area contributed by atoms with E-state index in [4.69, 9.17) is 9.84 Å². The zero-order valence-electron chi connectivity index (χ0n) is 23.9. The van der Waals surface area contributed by atoms with E-state index in [-0.39, 0.29) is 11.3 Å². The third-order valence-corrected chi connectivity index (χ3v) is 5.94. The van der Waals surface area contributed by atoms with E-state index in [2.05, 4.69) is 38.0 Å². The number of carbonyl (C=O) groups is 1. The van der Waals surface area contributed by atoms with Gasteiger partial charge in [0.15, 0.2) is 0 Å². The summed E-state index contributed by atoms with van der Waals surface area (Å²) in [5.41, 5.74) is 0.880. The van der Waals surface area contributed by atoms with Crippen molar-refractivity contribution in [2.45, 2.75) is 119 Å². The van der Waals surface area contributed by atoms with Crippen molar-refractivity contribution in [2.75, 3.05) is 31.5 Å². The van der Waals surface area contributed by atoms with Crippen LogP contribution in [0.1, 0.15) is 111 Å². The summed E-state index contributed by atoms with van der Waals surface area (Å²) in [6.07, 6.45) is 10.5. The van der Waals surface area contributed by atoms with Crippen LogP contribution in [0.4, 0.5) is 10.6 Å². The number of halogens is 1. The van der Waals surface area contributed by atoms with Crippen molar-refractivity contribution in [3.05, 3.63) is 23.4 Å². The smallest absolute Gasteiger partial charge is 0.413 e. The molecule has 35 heavy (non-hydrogen) atoms. The lowest BCUT2D eigenvalue weighted by Gasteiger charge is -2.39. The first kappa shape index (κ1) is 35.4. The Hall–Kier alpha value is -1.73. The first-order valence-corrected chi connectivity index (χ1v) is 13.5. The lowest BCUT2D eigenvalue weighted by molar-refractivity contribution is -0.929. The normalized spacial score (nSPS) is 11.2. The number of ether oxygens (including phenoxy) is 1. The molecule has 7 heteroatoms. The van der Waals surface area contributed by atoms with Gasteiger partial charge in [-0.25, -0.2) is 9.78 Å². The highest BCUT2D eigenvalue weighted by atomic mass is 19.0. The van der Waals surface area contributed by atoms with Gasteiger partial charge in [0.25, 0.3) is 0 Å². The number of pyridine rings is 1. The Labute approximate surface area is 214 Å². The zero-order chi connectivity index (χ0) is 26.0. The molecule has 1 amide bonds. The summed E-state index contributed by atoms with van der Waals surface area (Å²) in [5.74, 6) is 0.411. The van der Waals surface area contributed by atoms with Crippen LogP contribution in [0.15, 0.2) is 12.1 Å². The second-order valence-corrected chi connectivity index (χ2v) is 10.4. The molecule has 6 nitrogen and oxygen atoms in total. The Kier molecular flexibility index (Phi) is 19.7. The number of aliphatic hydroxyl groups excluding tert-OH is 1. The van der Waals surface area contributed by atoms with Crippen LogP contribution in [0.2, 0.25) is 0 Å². The van der Waals surface area contributed by atoms with Crippen LogP contribution in [0.3, 0.4) is 0 Å². The molecule has 0 saturated heterocycles. The van der Waals surface area contributed by atoms with Crippen molar-refractivity contribution in [2.24, 2.45) is 0 Å². The summed E-state index contributed by atoms with van der Waals surface area (Å²) in [6, 6.07) is 3.34. The molecule has 1 aromatic rings. The summed E-state index contributed by atoms with van der Waals surface area (Å²) < 4.78 is 6.52. The molecule has 0 atom stereocenters. The summed E-state index contributed by atoms with van der Waals surface area (Å²) in [4.78, 5) is 15.6. The Bertz CT molecular complexity index is 640. The molecule has 0 aliphatic rings. The highest BCUT2D eigenvalue weighted by molar-refractivity contribution is 5.83. The fourth-order valence-electron chi connectivity index (χ4n) is 3.88. The van der Waals surface area contributed by atoms with E-state index in [0.29, 0.717) is 11.5 Å². The average Bonchev–Trinajstić information content (AvgIpc) is 2.77. The van der Waals surface area contributed by atoms with Gasteiger partial charge in [-0.05, 0) is 65.0 Å². The molecule has 0 bridgehead atoms. The van der Waals surface area contributed by atoms with Gasteiger partial charge in [-0.2, -0.15) is 0 Å². The monoisotopic (exact) mass is 499 g/mol. The van der Waals surface area contributed by atoms with Crippen molar-refractivity contribution in [1.82, 2.24) is 4.98 Å². The largest absolute Gasteiger partial charge is 1.00 e. The molecular formula is C28H54FN3O3. The lowest BCUT2D eigenvalue weighted by atomic mass is 10.1. The van der Waals surface area contributed by atoms with Crippen molar-refractivity contribution >= 4 is 11.9 Å². The molecule has 0 unspecified atom stereocenters. The summed E-state index contributed by atoms with van der Waals surface area (Å²) in [7, 11) is 0. The molecule has 1 heterocycles. The summed E-state index contributed by atoms with van der Waals surface area (Å²) in [6.45, 7) is 22.1. The van der Waals surface area contributed by atoms with Crippen LogP contribution in [0.25, 0.3) is 0 Å². The van der Waals surface area contributed by atoms with Crippen molar-refractivity contribution < 1.29 is 23.8 Å². The Morgan fingerprint density at radius 1 is 0.914 bits per heavy atom.